The van der Waals surface area contributed by atoms with Crippen molar-refractivity contribution in [1.29, 1.82) is 0 Å². The van der Waals surface area contributed by atoms with E-state index in [0.29, 0.717) is 0 Å². The Hall–Kier alpha value is -2.17. The third-order valence-electron chi connectivity index (χ3n) is 6.32. The van der Waals surface area contributed by atoms with Crippen LogP contribution in [0.5, 0.6) is 0 Å². The molecule has 2 aromatic rings. The van der Waals surface area contributed by atoms with Gasteiger partial charge in [0.1, 0.15) is 0 Å². The quantitative estimate of drug-likeness (QED) is 0.0581. The Balaban J connectivity index is 0.00000205. The summed E-state index contributed by atoms with van der Waals surface area (Å²) >= 11 is 1.62. The second kappa shape index (κ2) is 20.0. The number of rotatable bonds is 14. The van der Waals surface area contributed by atoms with Crippen molar-refractivity contribution < 1.29 is 19.2 Å². The van der Waals surface area contributed by atoms with Crippen molar-refractivity contribution in [3.63, 3.8) is 0 Å². The van der Waals surface area contributed by atoms with Gasteiger partial charge in [0.2, 0.25) is 0 Å². The molecule has 0 aliphatic rings. The van der Waals surface area contributed by atoms with Crippen molar-refractivity contribution in [2.45, 2.75) is 110 Å². The Kier molecular flexibility index (Phi) is 17.7. The number of allylic oxidation sites excluding steroid dienone is 2. The van der Waals surface area contributed by atoms with Crippen molar-refractivity contribution in [3.05, 3.63) is 87.5 Å². The van der Waals surface area contributed by atoms with Crippen LogP contribution in [0.25, 0.3) is 11.1 Å². The second-order valence-electron chi connectivity index (χ2n) is 9.43. The SMILES string of the molecule is CCCCCC(C(C)=C=[N+]=[N-])=C(c1cccc(CCCC)c1)c1cccc(CCCCC)c1.[CH3][Ni][CH3]. The molecule has 0 aliphatic carbocycles. The van der Waals surface area contributed by atoms with E-state index in [-0.39, 0.29) is 0 Å². The van der Waals surface area contributed by atoms with Crippen molar-refractivity contribution in [1.82, 2.24) is 0 Å². The summed E-state index contributed by atoms with van der Waals surface area (Å²) in [5.41, 5.74) is 17.9. The van der Waals surface area contributed by atoms with Crippen LogP contribution in [0.15, 0.2) is 59.7 Å². The van der Waals surface area contributed by atoms with Gasteiger partial charge in [0.15, 0.2) is 0 Å². The fraction of sp³-hybridized carbons (Fsp3) is 0.515. The Morgan fingerprint density at radius 1 is 0.778 bits per heavy atom. The van der Waals surface area contributed by atoms with Crippen LogP contribution in [0.2, 0.25) is 11.8 Å². The number of nitrogens with zero attached hydrogens (tertiary/aromatic N) is 2. The summed E-state index contributed by atoms with van der Waals surface area (Å²) in [7, 11) is 0. The van der Waals surface area contributed by atoms with E-state index in [1.165, 1.54) is 78.3 Å². The number of hydrogen-bond acceptors (Lipinski definition) is 0. The number of aryl methyl sites for hydroxylation is 2. The molecule has 0 bridgehead atoms. The molecule has 36 heavy (non-hydrogen) atoms. The van der Waals surface area contributed by atoms with E-state index in [0.717, 1.165) is 31.3 Å². The van der Waals surface area contributed by atoms with Crippen LogP contribution in [-0.4, -0.2) is 10.7 Å². The summed E-state index contributed by atoms with van der Waals surface area (Å²) in [6, 6.07) is 18.1. The Morgan fingerprint density at radius 3 is 1.78 bits per heavy atom. The average Bonchev–Trinajstić information content (AvgIpc) is 2.88. The molecule has 0 heterocycles. The molecule has 0 radical (unpaired) electrons. The normalized spacial score (nSPS) is 11.2. The van der Waals surface area contributed by atoms with Gasteiger partial charge >= 0.3 is 32.1 Å². The zero-order valence-corrected chi connectivity index (χ0v) is 24.6. The molecule has 0 spiro atoms. The topological polar surface area (TPSA) is 36.4 Å². The zero-order valence-electron chi connectivity index (χ0n) is 23.6. The Labute approximate surface area is 227 Å². The van der Waals surface area contributed by atoms with E-state index in [9.17, 15) is 5.53 Å². The minimum absolute atomic E-state index is 0.916. The van der Waals surface area contributed by atoms with Crippen LogP contribution in [-0.2, 0) is 27.3 Å². The van der Waals surface area contributed by atoms with Gasteiger partial charge in [0.25, 0.3) is 0 Å². The van der Waals surface area contributed by atoms with Crippen LogP contribution in [0.4, 0.5) is 0 Å². The maximum absolute atomic E-state index is 9.26. The van der Waals surface area contributed by atoms with Gasteiger partial charge < -0.3 is 5.53 Å². The van der Waals surface area contributed by atoms with E-state index < -0.39 is 0 Å². The van der Waals surface area contributed by atoms with Gasteiger partial charge in [-0.3, -0.25) is 0 Å². The van der Waals surface area contributed by atoms with Crippen LogP contribution < -0.4 is 0 Å². The van der Waals surface area contributed by atoms with Crippen LogP contribution in [0.3, 0.4) is 0 Å². The minimum atomic E-state index is 0.916. The summed E-state index contributed by atoms with van der Waals surface area (Å²) in [4.78, 5) is 3.26. The van der Waals surface area contributed by atoms with E-state index in [1.807, 2.05) is 6.92 Å². The van der Waals surface area contributed by atoms with E-state index in [2.05, 4.69) is 91.7 Å². The fourth-order valence-electron chi connectivity index (χ4n) is 4.43. The Bertz CT molecular complexity index is 1010. The van der Waals surface area contributed by atoms with Gasteiger partial charge in [0, 0.05) is 0 Å². The summed E-state index contributed by atoms with van der Waals surface area (Å²) in [5, 5.41) is 0. The van der Waals surface area contributed by atoms with Gasteiger partial charge in [-0.15, -0.1) is 4.79 Å². The first-order valence-electron chi connectivity index (χ1n) is 13.6. The standard InChI is InChI=1S/C31H42N2.2CH3.Ni/c1-5-8-11-16-27-18-14-20-29(23-27)31(28-19-13-17-26(22-28)15-10-7-3)30(21-12-9-6-2)25(4)24-33-32;;;/h13-14,17-20,22-23H,5-12,15-16,21H2,1-4H3;2*1H3;. The average molecular weight is 531 g/mol. The molecule has 0 aliphatic heterocycles. The third-order valence-corrected chi connectivity index (χ3v) is 6.32. The van der Waals surface area contributed by atoms with E-state index >= 15 is 0 Å². The summed E-state index contributed by atoms with van der Waals surface area (Å²) in [6.07, 6.45) is 12.8. The summed E-state index contributed by atoms with van der Waals surface area (Å²) in [5.74, 6) is 6.96. The molecule has 2 rings (SSSR count). The second-order valence-corrected chi connectivity index (χ2v) is 10.4. The van der Waals surface area contributed by atoms with E-state index in [4.69, 9.17) is 0 Å². The molecule has 3 heteroatoms. The Morgan fingerprint density at radius 2 is 1.28 bits per heavy atom. The molecule has 2 nitrogen and oxygen atoms in total. The van der Waals surface area contributed by atoms with Crippen molar-refractivity contribution in [3.8, 4) is 0 Å². The maximum atomic E-state index is 9.26. The van der Waals surface area contributed by atoms with Crippen LogP contribution in [0.1, 0.15) is 108 Å². The molecule has 0 unspecified atom stereocenters. The number of hydrogen-bond donors (Lipinski definition) is 0. The first kappa shape index (κ1) is 31.9. The van der Waals surface area contributed by atoms with Gasteiger partial charge in [-0.2, -0.15) is 0 Å². The van der Waals surface area contributed by atoms with Crippen LogP contribution in [0, 0.1) is 0 Å². The molecule has 0 amide bonds. The molecule has 0 saturated carbocycles. The first-order chi connectivity index (χ1) is 17.6. The summed E-state index contributed by atoms with van der Waals surface area (Å²) < 4.78 is 0. The predicted octanol–water partition coefficient (Wildman–Crippen LogP) is 10.2. The molecule has 0 atom stereocenters. The van der Waals surface area contributed by atoms with E-state index in [1.54, 1.807) is 14.4 Å². The van der Waals surface area contributed by atoms with Crippen LogP contribution >= 0.6 is 0 Å². The summed E-state index contributed by atoms with van der Waals surface area (Å²) in [6.45, 7) is 8.75. The third kappa shape index (κ3) is 11.7. The zero-order chi connectivity index (χ0) is 26.6. The van der Waals surface area contributed by atoms with Crippen molar-refractivity contribution in [2.75, 3.05) is 0 Å². The molecule has 0 fully saturated rings. The molecular formula is C33H48N2Ni. The van der Waals surface area contributed by atoms with Crippen molar-refractivity contribution >= 4 is 11.4 Å². The monoisotopic (exact) mass is 530 g/mol. The molecule has 0 saturated heterocycles. The first-order valence-corrected chi connectivity index (χ1v) is 15.6. The molecule has 2 aromatic carbocycles. The fourth-order valence-corrected chi connectivity index (χ4v) is 4.43. The number of unbranched alkanes of at least 4 members (excludes halogenated alkanes) is 5. The predicted molar refractivity (Wildman–Crippen MR) is 154 cm³/mol. The van der Waals surface area contributed by atoms with Gasteiger partial charge in [-0.05, 0) is 78.8 Å². The van der Waals surface area contributed by atoms with Gasteiger partial charge in [-0.1, -0.05) is 101 Å². The van der Waals surface area contributed by atoms with Crippen molar-refractivity contribution in [2.24, 2.45) is 0 Å². The number of benzene rings is 2. The molecule has 0 aromatic heterocycles. The molecule has 200 valence electrons. The van der Waals surface area contributed by atoms with Gasteiger partial charge in [-0.25, -0.2) is 0 Å². The molecular weight excluding hydrogens is 483 g/mol. The molecule has 0 N–H and O–H groups in total. The van der Waals surface area contributed by atoms with Gasteiger partial charge in [0.05, 0.1) is 5.57 Å².